The van der Waals surface area contributed by atoms with Crippen molar-refractivity contribution < 1.29 is 19.1 Å². The molecule has 1 atom stereocenters. The number of likely N-dealkylation sites (tertiary alicyclic amines) is 1. The highest BCUT2D eigenvalue weighted by Crippen LogP contribution is 2.16. The Morgan fingerprint density at radius 2 is 2.09 bits per heavy atom. The van der Waals surface area contributed by atoms with Crippen molar-refractivity contribution >= 4 is 11.6 Å². The molecule has 7 heteroatoms. The molecule has 0 radical (unpaired) electrons. The molecule has 1 saturated heterocycles. The van der Waals surface area contributed by atoms with E-state index in [2.05, 4.69) is 5.16 Å². The molecule has 0 bridgehead atoms. The summed E-state index contributed by atoms with van der Waals surface area (Å²) in [6.45, 7) is 2.12. The molecule has 0 spiro atoms. The molecule has 0 saturated carbocycles. The maximum atomic E-state index is 11.5. The minimum Gasteiger partial charge on any atom is -0.497 e. The Labute approximate surface area is 136 Å². The molecular weight excluding hydrogens is 298 g/mol. The Balaban J connectivity index is 1.88. The fourth-order valence-electron chi connectivity index (χ4n) is 2.47. The van der Waals surface area contributed by atoms with Crippen molar-refractivity contribution in [1.29, 1.82) is 0 Å². The van der Waals surface area contributed by atoms with E-state index >= 15 is 0 Å². The van der Waals surface area contributed by atoms with E-state index in [0.29, 0.717) is 32.7 Å². The van der Waals surface area contributed by atoms with Crippen LogP contribution in [0.1, 0.15) is 12.0 Å². The van der Waals surface area contributed by atoms with Crippen molar-refractivity contribution in [2.45, 2.75) is 19.1 Å². The number of carbonyl (C=O) groups is 1. The summed E-state index contributed by atoms with van der Waals surface area (Å²) in [6.07, 6.45) is 0.502. The number of methoxy groups -OCH3 is 2. The number of nitrogens with two attached hydrogens (primary N) is 1. The number of hydrogen-bond donors (Lipinski definition) is 1. The highest BCUT2D eigenvalue weighted by Gasteiger charge is 2.33. The number of primary amides is 1. The van der Waals surface area contributed by atoms with Crippen molar-refractivity contribution in [3.63, 3.8) is 0 Å². The van der Waals surface area contributed by atoms with Crippen molar-refractivity contribution in [3.8, 4) is 5.75 Å². The minimum absolute atomic E-state index is 0.339. The average Bonchev–Trinajstić information content (AvgIpc) is 2.97. The van der Waals surface area contributed by atoms with E-state index in [9.17, 15) is 4.79 Å². The molecule has 0 unspecified atom stereocenters. The Morgan fingerprint density at radius 1 is 1.35 bits per heavy atom. The first-order valence-corrected chi connectivity index (χ1v) is 7.47. The van der Waals surface area contributed by atoms with Crippen LogP contribution in [0.25, 0.3) is 0 Å². The summed E-state index contributed by atoms with van der Waals surface area (Å²) in [7, 11) is 3.25. The van der Waals surface area contributed by atoms with Crippen LogP contribution >= 0.6 is 0 Å². The van der Waals surface area contributed by atoms with Crippen molar-refractivity contribution in [3.05, 3.63) is 29.8 Å². The van der Waals surface area contributed by atoms with Crippen LogP contribution < -0.4 is 10.5 Å². The predicted octanol–water partition coefficient (Wildman–Crippen LogP) is 0.774. The summed E-state index contributed by atoms with van der Waals surface area (Å²) in [5.41, 5.74) is 7.25. The third-order valence-electron chi connectivity index (χ3n) is 3.75. The van der Waals surface area contributed by atoms with Crippen molar-refractivity contribution in [2.75, 3.05) is 33.9 Å². The highest BCUT2D eigenvalue weighted by molar-refractivity contribution is 5.95. The second kappa shape index (κ2) is 8.50. The molecule has 7 nitrogen and oxygen atoms in total. The van der Waals surface area contributed by atoms with Gasteiger partial charge in [0, 0.05) is 26.6 Å². The van der Waals surface area contributed by atoms with Crippen molar-refractivity contribution in [2.24, 2.45) is 10.9 Å². The van der Waals surface area contributed by atoms with Crippen LogP contribution in [0.15, 0.2) is 29.4 Å². The first-order valence-electron chi connectivity index (χ1n) is 7.47. The molecule has 2 N–H and O–H groups in total. The molecule has 1 amide bonds. The molecule has 1 fully saturated rings. The predicted molar refractivity (Wildman–Crippen MR) is 86.3 cm³/mol. The zero-order valence-electron chi connectivity index (χ0n) is 13.5. The number of amides is 1. The maximum Gasteiger partial charge on any atom is 0.235 e. The first-order chi connectivity index (χ1) is 11.1. The van der Waals surface area contributed by atoms with Crippen molar-refractivity contribution in [1.82, 2.24) is 4.90 Å². The highest BCUT2D eigenvalue weighted by atomic mass is 16.6. The Kier molecular flexibility index (Phi) is 6.37. The molecule has 2 rings (SSSR count). The number of carbonyl (C=O) groups excluding carboxylic acids is 1. The lowest BCUT2D eigenvalue weighted by atomic mass is 10.2. The van der Waals surface area contributed by atoms with Crippen LogP contribution in [0, 0.1) is 0 Å². The third-order valence-corrected chi connectivity index (χ3v) is 3.75. The second-order valence-corrected chi connectivity index (χ2v) is 5.36. The van der Waals surface area contributed by atoms with Gasteiger partial charge in [-0.25, -0.2) is 0 Å². The lowest BCUT2D eigenvalue weighted by Gasteiger charge is -2.19. The van der Waals surface area contributed by atoms with Gasteiger partial charge in [0.05, 0.1) is 25.5 Å². The lowest BCUT2D eigenvalue weighted by Crippen LogP contribution is -2.41. The summed E-state index contributed by atoms with van der Waals surface area (Å²) in [6, 6.07) is 7.25. The van der Waals surface area contributed by atoms with E-state index in [4.69, 9.17) is 20.0 Å². The number of nitrogens with zero attached hydrogens (tertiary/aromatic N) is 2. The van der Waals surface area contributed by atoms with E-state index in [1.54, 1.807) is 14.2 Å². The fraction of sp³-hybridized carbons (Fsp3) is 0.500. The smallest absolute Gasteiger partial charge is 0.235 e. The van der Waals surface area contributed by atoms with Gasteiger partial charge in [-0.2, -0.15) is 0 Å². The summed E-state index contributed by atoms with van der Waals surface area (Å²) in [5.74, 6) is 0.454. The average molecular weight is 321 g/mol. The molecule has 1 aromatic rings. The molecule has 0 aliphatic carbocycles. The van der Waals surface area contributed by atoms with Crippen LogP contribution in [-0.4, -0.2) is 56.5 Å². The number of rotatable bonds is 8. The van der Waals surface area contributed by atoms with E-state index in [-0.39, 0.29) is 11.9 Å². The van der Waals surface area contributed by atoms with Gasteiger partial charge in [-0.1, -0.05) is 17.3 Å². The minimum atomic E-state index is -0.346. The normalized spacial score (nSPS) is 19.9. The second-order valence-electron chi connectivity index (χ2n) is 5.36. The number of hydrogen-bond acceptors (Lipinski definition) is 6. The Morgan fingerprint density at radius 3 is 2.70 bits per heavy atom. The molecule has 1 aromatic carbocycles. The third kappa shape index (κ3) is 4.94. The zero-order chi connectivity index (χ0) is 16.7. The molecule has 23 heavy (non-hydrogen) atoms. The largest absolute Gasteiger partial charge is 0.497 e. The van der Waals surface area contributed by atoms with Gasteiger partial charge < -0.3 is 20.0 Å². The van der Waals surface area contributed by atoms with E-state index in [0.717, 1.165) is 17.0 Å². The lowest BCUT2D eigenvalue weighted by molar-refractivity contribution is -0.122. The molecule has 1 aliphatic heterocycles. The van der Waals surface area contributed by atoms with Crippen LogP contribution in [0.5, 0.6) is 5.75 Å². The van der Waals surface area contributed by atoms with Gasteiger partial charge in [0.25, 0.3) is 0 Å². The van der Waals surface area contributed by atoms with Crippen LogP contribution in [0.2, 0.25) is 0 Å². The van der Waals surface area contributed by atoms with Gasteiger partial charge in [0.2, 0.25) is 5.91 Å². The van der Waals surface area contributed by atoms with Gasteiger partial charge in [0.1, 0.15) is 12.4 Å². The molecule has 0 aromatic heterocycles. The number of benzene rings is 1. The molecular formula is C16H23N3O4. The summed E-state index contributed by atoms with van der Waals surface area (Å²) in [4.78, 5) is 18.9. The van der Waals surface area contributed by atoms with Crippen LogP contribution in [-0.2, 0) is 21.0 Å². The fourth-order valence-corrected chi connectivity index (χ4v) is 2.47. The summed E-state index contributed by atoms with van der Waals surface area (Å²) in [5, 5.41) is 4.15. The van der Waals surface area contributed by atoms with Crippen LogP contribution in [0.4, 0.5) is 0 Å². The molecule has 1 aliphatic rings. The number of oxime groups is 1. The van der Waals surface area contributed by atoms with Gasteiger partial charge in [-0.3, -0.25) is 9.69 Å². The SMILES string of the molecule is COCCN1C/C(=N\OCc2ccc(OC)cc2)C[C@H]1C(N)=O. The number of ether oxygens (including phenoxy) is 2. The van der Waals surface area contributed by atoms with Gasteiger partial charge in [-0.15, -0.1) is 0 Å². The van der Waals surface area contributed by atoms with Gasteiger partial charge in [0.15, 0.2) is 0 Å². The summed E-state index contributed by atoms with van der Waals surface area (Å²) < 4.78 is 10.2. The monoisotopic (exact) mass is 321 g/mol. The van der Waals surface area contributed by atoms with E-state index in [1.165, 1.54) is 0 Å². The Bertz CT molecular complexity index is 545. The standard InChI is InChI=1S/C16H23N3O4/c1-21-8-7-19-10-13(9-15(19)16(17)20)18-23-11-12-3-5-14(22-2)6-4-12/h3-6,15H,7-11H2,1-2H3,(H2,17,20)/b18-13-/t15-/m0/s1. The van der Waals surface area contributed by atoms with Gasteiger partial charge in [-0.05, 0) is 17.7 Å². The first kappa shape index (κ1) is 17.2. The summed E-state index contributed by atoms with van der Waals surface area (Å²) >= 11 is 0. The topological polar surface area (TPSA) is 86.4 Å². The van der Waals surface area contributed by atoms with E-state index < -0.39 is 0 Å². The zero-order valence-corrected chi connectivity index (χ0v) is 13.5. The Hall–Kier alpha value is -2.12. The quantitative estimate of drug-likeness (QED) is 0.715. The molecule has 126 valence electrons. The molecule has 1 heterocycles. The van der Waals surface area contributed by atoms with E-state index in [1.807, 2.05) is 29.2 Å². The van der Waals surface area contributed by atoms with Gasteiger partial charge >= 0.3 is 0 Å². The van der Waals surface area contributed by atoms with Crippen LogP contribution in [0.3, 0.4) is 0 Å². The maximum absolute atomic E-state index is 11.5.